The zero-order valence-electron chi connectivity index (χ0n) is 10.8. The molecule has 0 saturated heterocycles. The van der Waals surface area contributed by atoms with Gasteiger partial charge >= 0.3 is 0 Å². The number of benzene rings is 1. The van der Waals surface area contributed by atoms with Crippen LogP contribution in [-0.4, -0.2) is 10.1 Å². The third kappa shape index (κ3) is 2.63. The molecule has 0 bridgehead atoms. The topological polar surface area (TPSA) is 51.0 Å². The van der Waals surface area contributed by atoms with Gasteiger partial charge < -0.3 is 9.84 Å². The maximum atomic E-state index is 5.16. The van der Waals surface area contributed by atoms with E-state index in [1.165, 1.54) is 10.9 Å². The summed E-state index contributed by atoms with van der Waals surface area (Å²) in [6.45, 7) is 3.35. The SMILES string of the molecule is Cc1cc(CNCc2cncc3ccccc23)on1. The van der Waals surface area contributed by atoms with E-state index in [9.17, 15) is 0 Å². The Morgan fingerprint density at radius 3 is 2.89 bits per heavy atom. The van der Waals surface area contributed by atoms with Gasteiger partial charge in [0.2, 0.25) is 0 Å². The lowest BCUT2D eigenvalue weighted by atomic mass is 10.1. The molecule has 1 N–H and O–H groups in total. The molecule has 0 amide bonds. The fraction of sp³-hybridized carbons (Fsp3) is 0.200. The Balaban J connectivity index is 1.71. The van der Waals surface area contributed by atoms with Crippen LogP contribution in [-0.2, 0) is 13.1 Å². The number of nitrogens with one attached hydrogen (secondary N) is 1. The molecule has 96 valence electrons. The molecule has 0 radical (unpaired) electrons. The van der Waals surface area contributed by atoms with Crippen molar-refractivity contribution in [2.75, 3.05) is 0 Å². The number of nitrogens with zero attached hydrogens (tertiary/aromatic N) is 2. The molecule has 4 heteroatoms. The second-order valence-electron chi connectivity index (χ2n) is 4.56. The van der Waals surface area contributed by atoms with Gasteiger partial charge in [0, 0.05) is 30.4 Å². The normalized spacial score (nSPS) is 11.0. The average molecular weight is 253 g/mol. The van der Waals surface area contributed by atoms with Crippen LogP contribution < -0.4 is 5.32 Å². The first-order valence-electron chi connectivity index (χ1n) is 6.27. The molecule has 0 unspecified atom stereocenters. The first-order valence-corrected chi connectivity index (χ1v) is 6.27. The molecular weight excluding hydrogens is 238 g/mol. The Bertz CT molecular complexity index is 685. The minimum Gasteiger partial charge on any atom is -0.360 e. The summed E-state index contributed by atoms with van der Waals surface area (Å²) in [6.07, 6.45) is 3.79. The van der Waals surface area contributed by atoms with Crippen molar-refractivity contribution in [1.82, 2.24) is 15.5 Å². The van der Waals surface area contributed by atoms with Crippen molar-refractivity contribution in [1.29, 1.82) is 0 Å². The highest BCUT2D eigenvalue weighted by molar-refractivity contribution is 5.84. The van der Waals surface area contributed by atoms with Crippen molar-refractivity contribution >= 4 is 10.8 Å². The van der Waals surface area contributed by atoms with Crippen molar-refractivity contribution in [3.05, 3.63) is 59.7 Å². The Hall–Kier alpha value is -2.20. The third-order valence-corrected chi connectivity index (χ3v) is 3.04. The molecule has 0 aliphatic rings. The van der Waals surface area contributed by atoms with Crippen LogP contribution in [0.15, 0.2) is 47.2 Å². The average Bonchev–Trinajstić information content (AvgIpc) is 2.85. The van der Waals surface area contributed by atoms with Crippen LogP contribution in [0.5, 0.6) is 0 Å². The molecule has 3 aromatic rings. The van der Waals surface area contributed by atoms with E-state index in [2.05, 4.69) is 27.6 Å². The molecule has 1 aromatic carbocycles. The maximum absolute atomic E-state index is 5.16. The minimum atomic E-state index is 0.671. The summed E-state index contributed by atoms with van der Waals surface area (Å²) in [5.41, 5.74) is 2.10. The van der Waals surface area contributed by atoms with Gasteiger partial charge in [-0.05, 0) is 17.9 Å². The van der Waals surface area contributed by atoms with Crippen LogP contribution in [0, 0.1) is 6.92 Å². The van der Waals surface area contributed by atoms with Gasteiger partial charge in [-0.2, -0.15) is 0 Å². The monoisotopic (exact) mass is 253 g/mol. The van der Waals surface area contributed by atoms with Gasteiger partial charge in [-0.1, -0.05) is 29.4 Å². The highest BCUT2D eigenvalue weighted by Crippen LogP contribution is 2.16. The van der Waals surface area contributed by atoms with Crippen molar-refractivity contribution < 1.29 is 4.52 Å². The van der Waals surface area contributed by atoms with Gasteiger partial charge in [0.15, 0.2) is 5.76 Å². The molecule has 19 heavy (non-hydrogen) atoms. The Labute approximate surface area is 111 Å². The maximum Gasteiger partial charge on any atom is 0.150 e. The molecule has 2 heterocycles. The van der Waals surface area contributed by atoms with E-state index >= 15 is 0 Å². The van der Waals surface area contributed by atoms with E-state index < -0.39 is 0 Å². The lowest BCUT2D eigenvalue weighted by Crippen LogP contribution is -2.12. The fourth-order valence-corrected chi connectivity index (χ4v) is 2.14. The highest BCUT2D eigenvalue weighted by Gasteiger charge is 2.03. The molecule has 0 spiro atoms. The largest absolute Gasteiger partial charge is 0.360 e. The van der Waals surface area contributed by atoms with Crippen LogP contribution in [0.4, 0.5) is 0 Å². The van der Waals surface area contributed by atoms with Crippen molar-refractivity contribution in [2.24, 2.45) is 0 Å². The van der Waals surface area contributed by atoms with E-state index in [0.717, 1.165) is 23.4 Å². The molecule has 2 aromatic heterocycles. The summed E-state index contributed by atoms with van der Waals surface area (Å²) in [6, 6.07) is 10.2. The second kappa shape index (κ2) is 5.20. The second-order valence-corrected chi connectivity index (χ2v) is 4.56. The molecule has 0 aliphatic carbocycles. The van der Waals surface area contributed by atoms with Crippen LogP contribution >= 0.6 is 0 Å². The summed E-state index contributed by atoms with van der Waals surface area (Å²) < 4.78 is 5.16. The van der Waals surface area contributed by atoms with Gasteiger partial charge in [0.05, 0.1) is 12.2 Å². The lowest BCUT2D eigenvalue weighted by Gasteiger charge is -2.06. The molecule has 0 fully saturated rings. The number of aryl methyl sites for hydroxylation is 1. The van der Waals surface area contributed by atoms with Crippen LogP contribution in [0.2, 0.25) is 0 Å². The Morgan fingerprint density at radius 2 is 2.05 bits per heavy atom. The van der Waals surface area contributed by atoms with Gasteiger partial charge in [-0.25, -0.2) is 0 Å². The van der Waals surface area contributed by atoms with Gasteiger partial charge in [-0.15, -0.1) is 0 Å². The third-order valence-electron chi connectivity index (χ3n) is 3.04. The fourth-order valence-electron chi connectivity index (χ4n) is 2.14. The van der Waals surface area contributed by atoms with Gasteiger partial charge in [0.1, 0.15) is 0 Å². The van der Waals surface area contributed by atoms with Crippen LogP contribution in [0.25, 0.3) is 10.8 Å². The molecule has 4 nitrogen and oxygen atoms in total. The van der Waals surface area contributed by atoms with Crippen LogP contribution in [0.3, 0.4) is 0 Å². The van der Waals surface area contributed by atoms with E-state index in [1.807, 2.05) is 37.5 Å². The quantitative estimate of drug-likeness (QED) is 0.776. The predicted molar refractivity (Wildman–Crippen MR) is 73.5 cm³/mol. The standard InChI is InChI=1S/C15H15N3O/c1-11-6-14(19-18-11)10-17-9-13-8-16-7-12-4-2-3-5-15(12)13/h2-8,17H,9-10H2,1H3. The van der Waals surface area contributed by atoms with E-state index in [-0.39, 0.29) is 0 Å². The number of rotatable bonds is 4. The number of pyridine rings is 1. The molecule has 0 aliphatic heterocycles. The first-order chi connectivity index (χ1) is 9.33. The summed E-state index contributed by atoms with van der Waals surface area (Å²) in [7, 11) is 0. The van der Waals surface area contributed by atoms with E-state index in [1.54, 1.807) is 0 Å². The molecule has 3 rings (SSSR count). The van der Waals surface area contributed by atoms with Crippen molar-refractivity contribution in [3.63, 3.8) is 0 Å². The first kappa shape index (κ1) is 11.9. The zero-order chi connectivity index (χ0) is 13.1. The van der Waals surface area contributed by atoms with Gasteiger partial charge in [-0.3, -0.25) is 4.98 Å². The summed E-state index contributed by atoms with van der Waals surface area (Å²) in [5, 5.41) is 9.61. The lowest BCUT2D eigenvalue weighted by molar-refractivity contribution is 0.369. The Morgan fingerprint density at radius 1 is 1.16 bits per heavy atom. The number of fused-ring (bicyclic) bond motifs is 1. The smallest absolute Gasteiger partial charge is 0.150 e. The van der Waals surface area contributed by atoms with Crippen molar-refractivity contribution in [2.45, 2.75) is 20.0 Å². The highest BCUT2D eigenvalue weighted by atomic mass is 16.5. The minimum absolute atomic E-state index is 0.671. The number of aromatic nitrogens is 2. The summed E-state index contributed by atoms with van der Waals surface area (Å²) in [4.78, 5) is 4.27. The number of hydrogen-bond donors (Lipinski definition) is 1. The predicted octanol–water partition coefficient (Wildman–Crippen LogP) is 2.82. The van der Waals surface area contributed by atoms with Crippen molar-refractivity contribution in [3.8, 4) is 0 Å². The van der Waals surface area contributed by atoms with E-state index in [0.29, 0.717) is 6.54 Å². The summed E-state index contributed by atoms with van der Waals surface area (Å²) >= 11 is 0. The zero-order valence-corrected chi connectivity index (χ0v) is 10.8. The summed E-state index contributed by atoms with van der Waals surface area (Å²) in [5.74, 6) is 0.852. The van der Waals surface area contributed by atoms with Gasteiger partial charge in [0.25, 0.3) is 0 Å². The molecule has 0 saturated carbocycles. The Kier molecular flexibility index (Phi) is 3.25. The number of hydrogen-bond acceptors (Lipinski definition) is 4. The van der Waals surface area contributed by atoms with Crippen LogP contribution in [0.1, 0.15) is 17.0 Å². The van der Waals surface area contributed by atoms with E-state index in [4.69, 9.17) is 4.52 Å². The molecule has 0 atom stereocenters. The molecular formula is C15H15N3O.